The Morgan fingerprint density at radius 2 is 1.33 bits per heavy atom. The lowest BCUT2D eigenvalue weighted by Crippen LogP contribution is -2.15. The quantitative estimate of drug-likeness (QED) is 0.149. The highest BCUT2D eigenvalue weighted by atomic mass is 32.1. The average Bonchev–Trinajstić information content (AvgIpc) is 3.60. The van der Waals surface area contributed by atoms with Gasteiger partial charge in [-0.2, -0.15) is 0 Å². The molecule has 7 aromatic rings. The Morgan fingerprint density at radius 3 is 2.12 bits per heavy atom. The molecule has 0 bridgehead atoms. The van der Waals surface area contributed by atoms with Crippen LogP contribution in [0.25, 0.3) is 42.4 Å². The minimum atomic E-state index is 0.0105. The topological polar surface area (TPSA) is 50.7 Å². The summed E-state index contributed by atoms with van der Waals surface area (Å²) in [4.78, 5) is 9.07. The molecule has 8 rings (SSSR count). The van der Waals surface area contributed by atoms with E-state index < -0.39 is 0 Å². The van der Waals surface area contributed by atoms with Crippen molar-refractivity contribution in [2.45, 2.75) is 46.6 Å². The van der Waals surface area contributed by atoms with Gasteiger partial charge in [0.05, 0.1) is 6.54 Å². The number of rotatable bonds is 4. The van der Waals surface area contributed by atoms with Crippen molar-refractivity contribution in [1.29, 1.82) is 0 Å². The maximum absolute atomic E-state index is 6.09. The molecule has 0 spiro atoms. The van der Waals surface area contributed by atoms with Gasteiger partial charge in [0.15, 0.2) is 0 Å². The lowest BCUT2D eigenvalue weighted by molar-refractivity contribution is 0.659. The van der Waals surface area contributed by atoms with E-state index in [1.807, 2.05) is 48.6 Å². The Morgan fingerprint density at radius 1 is 0.653 bits per heavy atom. The Hall–Kier alpha value is -5.32. The number of hydrogen-bond acceptors (Lipinski definition) is 2. The second-order valence-corrected chi connectivity index (χ2v) is 14.4. The first-order valence-electron chi connectivity index (χ1n) is 16.8. The molecule has 6 aromatic carbocycles. The summed E-state index contributed by atoms with van der Waals surface area (Å²) < 4.78 is 2.78. The van der Waals surface area contributed by atoms with Crippen LogP contribution in [0.5, 0.6) is 0 Å². The van der Waals surface area contributed by atoms with Gasteiger partial charge >= 0.3 is 0 Å². The molecule has 1 aliphatic rings. The van der Waals surface area contributed by atoms with Gasteiger partial charge in [0.1, 0.15) is 11.7 Å². The summed E-state index contributed by atoms with van der Waals surface area (Å²) in [6.07, 6.45) is 0. The van der Waals surface area contributed by atoms with Crippen LogP contribution >= 0.6 is 11.3 Å². The zero-order valence-electron chi connectivity index (χ0n) is 28.8. The van der Waals surface area contributed by atoms with Crippen LogP contribution in [-0.4, -0.2) is 11.7 Å². The van der Waals surface area contributed by atoms with Crippen LogP contribution < -0.4 is 5.73 Å². The summed E-state index contributed by atoms with van der Waals surface area (Å²) in [6.45, 7) is 11.5. The highest BCUT2D eigenvalue weighted by Crippen LogP contribution is 2.48. The largest absolute Gasteiger partial charge is 0.383 e. The molecule has 4 heteroatoms. The molecule has 0 aliphatic heterocycles. The van der Waals surface area contributed by atoms with Crippen LogP contribution in [0.3, 0.4) is 0 Å². The smallest absolute Gasteiger partial charge is 0.132 e. The number of nitrogens with two attached hydrogens (primary N) is 1. The molecule has 1 heterocycles. The van der Waals surface area contributed by atoms with E-state index in [-0.39, 0.29) is 5.41 Å². The molecule has 242 valence electrons. The predicted octanol–water partition coefficient (Wildman–Crippen LogP) is 11.7. The first kappa shape index (κ1) is 32.2. The molecule has 0 atom stereocenters. The van der Waals surface area contributed by atoms with E-state index in [9.17, 15) is 0 Å². The van der Waals surface area contributed by atoms with Gasteiger partial charge in [-0.25, -0.2) is 4.99 Å². The van der Waals surface area contributed by atoms with Crippen molar-refractivity contribution in [2.75, 3.05) is 0 Å². The van der Waals surface area contributed by atoms with E-state index in [2.05, 4.69) is 141 Å². The first-order chi connectivity index (χ1) is 23.7. The van der Waals surface area contributed by atoms with Gasteiger partial charge in [0.25, 0.3) is 0 Å². The lowest BCUT2D eigenvalue weighted by atomic mass is 9.82. The van der Waals surface area contributed by atoms with Crippen LogP contribution in [0.1, 0.15) is 54.2 Å². The fraction of sp³-hybridized carbons (Fsp3) is 0.156. The molecule has 0 radical (unpaired) electrons. The molecule has 0 saturated heterocycles. The summed E-state index contributed by atoms with van der Waals surface area (Å²) in [6, 6.07) is 47.0. The summed E-state index contributed by atoms with van der Waals surface area (Å²) in [5.41, 5.74) is 19.1. The van der Waals surface area contributed by atoms with Crippen molar-refractivity contribution in [3.63, 3.8) is 0 Å². The van der Waals surface area contributed by atoms with E-state index in [0.717, 1.165) is 5.56 Å². The molecule has 0 fully saturated rings. The number of benzene rings is 6. The minimum absolute atomic E-state index is 0.0105. The third-order valence-corrected chi connectivity index (χ3v) is 10.9. The maximum Gasteiger partial charge on any atom is 0.132 e. The van der Waals surface area contributed by atoms with E-state index in [4.69, 9.17) is 5.73 Å². The van der Waals surface area contributed by atoms with E-state index in [1.165, 1.54) is 70.2 Å². The molecule has 0 unspecified atom stereocenters. The standard InChI is InChI=1S/C25H25N3.C20H16S/c1-17(28-24(26)19-9-5-4-6-10-19)27-16-18-13-14-21-20-11-7-8-12-22(20)25(2,3)23(21)15-18;1-13-7-3-4-8-15(13)19-14(2)11-12-17-16-9-5-6-10-18(16)21-20(17)19/h4-15H,16H2,1-3H3,(H2,26,27,28);3-12H,1-2H3. The Balaban J connectivity index is 0.000000160. The zero-order valence-corrected chi connectivity index (χ0v) is 29.6. The number of nitrogens with zero attached hydrogens (tertiary/aromatic N) is 2. The first-order valence-corrected chi connectivity index (χ1v) is 17.6. The van der Waals surface area contributed by atoms with Gasteiger partial charge in [-0.3, -0.25) is 4.99 Å². The normalized spacial score (nSPS) is 13.6. The van der Waals surface area contributed by atoms with E-state index in [0.29, 0.717) is 18.2 Å². The van der Waals surface area contributed by atoms with Crippen molar-refractivity contribution in [3.05, 3.63) is 167 Å². The Kier molecular flexibility index (Phi) is 8.75. The molecule has 3 nitrogen and oxygen atoms in total. The molecule has 49 heavy (non-hydrogen) atoms. The van der Waals surface area contributed by atoms with Gasteiger partial charge in [-0.1, -0.05) is 141 Å². The van der Waals surface area contributed by atoms with Crippen LogP contribution in [0, 0.1) is 13.8 Å². The third-order valence-electron chi connectivity index (χ3n) is 9.66. The Bertz CT molecular complexity index is 2380. The second kappa shape index (κ2) is 13.3. The van der Waals surface area contributed by atoms with Crippen molar-refractivity contribution in [3.8, 4) is 22.3 Å². The fourth-order valence-corrected chi connectivity index (χ4v) is 8.33. The monoisotopic (exact) mass is 655 g/mol. The summed E-state index contributed by atoms with van der Waals surface area (Å²) in [5.74, 6) is 1.18. The number of amidine groups is 2. The van der Waals surface area contributed by atoms with Gasteiger partial charge in [0, 0.05) is 36.7 Å². The molecule has 1 aromatic heterocycles. The van der Waals surface area contributed by atoms with Gasteiger partial charge < -0.3 is 5.73 Å². The SMILES string of the molecule is CC(=NCc1ccc2c(c1)C(C)(C)c1ccccc1-2)N=C(N)c1ccccc1.Cc1ccccc1-c1c(C)ccc2c1sc1ccccc12. The van der Waals surface area contributed by atoms with E-state index >= 15 is 0 Å². The summed E-state index contributed by atoms with van der Waals surface area (Å²) >= 11 is 1.91. The van der Waals surface area contributed by atoms with Crippen molar-refractivity contribution in [2.24, 2.45) is 15.7 Å². The lowest BCUT2D eigenvalue weighted by Gasteiger charge is -2.21. The van der Waals surface area contributed by atoms with Gasteiger partial charge in [-0.05, 0) is 71.3 Å². The highest BCUT2D eigenvalue weighted by Gasteiger charge is 2.35. The second-order valence-electron chi connectivity index (χ2n) is 13.3. The van der Waals surface area contributed by atoms with Crippen molar-refractivity contribution >= 4 is 43.2 Å². The minimum Gasteiger partial charge on any atom is -0.383 e. The van der Waals surface area contributed by atoms with Gasteiger partial charge in [0.2, 0.25) is 0 Å². The summed E-state index contributed by atoms with van der Waals surface area (Å²) in [7, 11) is 0. The summed E-state index contributed by atoms with van der Waals surface area (Å²) in [5, 5.41) is 2.74. The molecule has 2 N–H and O–H groups in total. The van der Waals surface area contributed by atoms with Crippen molar-refractivity contribution < 1.29 is 0 Å². The van der Waals surface area contributed by atoms with E-state index in [1.54, 1.807) is 0 Å². The number of thiophene rings is 1. The highest BCUT2D eigenvalue weighted by molar-refractivity contribution is 7.26. The molecule has 1 aliphatic carbocycles. The van der Waals surface area contributed by atoms with Crippen LogP contribution in [0.4, 0.5) is 0 Å². The Labute approximate surface area is 293 Å². The van der Waals surface area contributed by atoms with Gasteiger partial charge in [-0.15, -0.1) is 11.3 Å². The zero-order chi connectivity index (χ0) is 34.1. The molecule has 0 saturated carbocycles. The van der Waals surface area contributed by atoms with Crippen LogP contribution in [0.15, 0.2) is 143 Å². The number of hydrogen-bond donors (Lipinski definition) is 1. The molecular formula is C45H41N3S. The maximum atomic E-state index is 6.09. The fourth-order valence-electron chi connectivity index (χ4n) is 7.01. The average molecular weight is 656 g/mol. The van der Waals surface area contributed by atoms with Crippen molar-refractivity contribution in [1.82, 2.24) is 0 Å². The number of aliphatic imine (C=N–C) groups is 2. The van der Waals surface area contributed by atoms with Crippen LogP contribution in [-0.2, 0) is 12.0 Å². The molecular weight excluding hydrogens is 615 g/mol. The number of aryl methyl sites for hydroxylation is 2. The predicted molar refractivity (Wildman–Crippen MR) is 212 cm³/mol. The van der Waals surface area contributed by atoms with Crippen LogP contribution in [0.2, 0.25) is 0 Å². The molecule has 0 amide bonds. The third kappa shape index (κ3) is 6.21. The number of fused-ring (bicyclic) bond motifs is 6.